The highest BCUT2D eigenvalue weighted by molar-refractivity contribution is 7.21. The summed E-state index contributed by atoms with van der Waals surface area (Å²) >= 11 is 1.52. The number of nitrogens with zero attached hydrogens (tertiary/aromatic N) is 3. The van der Waals surface area contributed by atoms with Crippen molar-refractivity contribution in [3.8, 4) is 11.5 Å². The lowest BCUT2D eigenvalue weighted by Gasteiger charge is -2.31. The van der Waals surface area contributed by atoms with Crippen molar-refractivity contribution in [1.82, 2.24) is 9.97 Å². The van der Waals surface area contributed by atoms with Crippen LogP contribution in [0.1, 0.15) is 23.2 Å². The summed E-state index contributed by atoms with van der Waals surface area (Å²) in [5.74, 6) is -0.0275. The lowest BCUT2D eigenvalue weighted by molar-refractivity contribution is -0.120. The summed E-state index contributed by atoms with van der Waals surface area (Å²) in [5.41, 5.74) is 1.43. The van der Waals surface area contributed by atoms with Crippen LogP contribution in [-0.4, -0.2) is 48.8 Å². The summed E-state index contributed by atoms with van der Waals surface area (Å²) in [7, 11) is 1.30. The first-order valence-corrected chi connectivity index (χ1v) is 10.7. The van der Waals surface area contributed by atoms with Crippen LogP contribution in [0, 0.1) is 5.92 Å². The summed E-state index contributed by atoms with van der Waals surface area (Å²) in [6, 6.07) is 6.93. The zero-order chi connectivity index (χ0) is 21.4. The van der Waals surface area contributed by atoms with E-state index in [4.69, 9.17) is 14.2 Å². The second kappa shape index (κ2) is 8.03. The van der Waals surface area contributed by atoms with Gasteiger partial charge in [-0.3, -0.25) is 4.79 Å². The van der Waals surface area contributed by atoms with Crippen LogP contribution in [0.4, 0.5) is 10.8 Å². The first-order chi connectivity index (χ1) is 15.1. The van der Waals surface area contributed by atoms with E-state index in [1.807, 2.05) is 12.1 Å². The van der Waals surface area contributed by atoms with Gasteiger partial charge in [0.15, 0.2) is 16.6 Å². The summed E-state index contributed by atoms with van der Waals surface area (Å²) in [4.78, 5) is 37.3. The average Bonchev–Trinajstić information content (AvgIpc) is 3.44. The number of ether oxygens (including phenoxy) is 3. The van der Waals surface area contributed by atoms with Gasteiger partial charge in [0.05, 0.1) is 24.3 Å². The molecule has 0 bridgehead atoms. The van der Waals surface area contributed by atoms with Gasteiger partial charge in [-0.1, -0.05) is 11.3 Å². The third kappa shape index (κ3) is 3.74. The van der Waals surface area contributed by atoms with Gasteiger partial charge in [0, 0.05) is 31.4 Å². The quantitative estimate of drug-likeness (QED) is 0.618. The first kappa shape index (κ1) is 19.6. The van der Waals surface area contributed by atoms with Crippen LogP contribution < -0.4 is 19.7 Å². The van der Waals surface area contributed by atoms with Crippen molar-refractivity contribution >= 4 is 44.4 Å². The highest BCUT2D eigenvalue weighted by Crippen LogP contribution is 2.38. The molecule has 0 spiro atoms. The summed E-state index contributed by atoms with van der Waals surface area (Å²) in [6.45, 7) is 1.45. The number of carbonyl (C=O) groups excluding carboxylic acids is 2. The van der Waals surface area contributed by atoms with Crippen LogP contribution in [0.2, 0.25) is 0 Å². The molecule has 9 nitrogen and oxygen atoms in total. The average molecular weight is 440 g/mol. The van der Waals surface area contributed by atoms with Crippen LogP contribution >= 0.6 is 11.3 Å². The van der Waals surface area contributed by atoms with Gasteiger partial charge in [0.1, 0.15) is 10.3 Å². The Bertz CT molecular complexity index is 1130. The van der Waals surface area contributed by atoms with Crippen molar-refractivity contribution in [1.29, 1.82) is 0 Å². The fourth-order valence-corrected chi connectivity index (χ4v) is 4.76. The van der Waals surface area contributed by atoms with Gasteiger partial charge in [0.25, 0.3) is 0 Å². The number of benzene rings is 1. The van der Waals surface area contributed by atoms with Gasteiger partial charge in [-0.05, 0) is 25.0 Å². The number of rotatable bonds is 4. The number of methoxy groups -OCH3 is 1. The Labute approximate surface area is 181 Å². The second-order valence-corrected chi connectivity index (χ2v) is 8.30. The molecule has 3 aromatic rings. The number of pyridine rings is 1. The summed E-state index contributed by atoms with van der Waals surface area (Å²) in [6.07, 6.45) is 3.37. The van der Waals surface area contributed by atoms with Crippen LogP contribution in [0.3, 0.4) is 0 Å². The van der Waals surface area contributed by atoms with E-state index in [2.05, 4.69) is 20.2 Å². The van der Waals surface area contributed by atoms with Gasteiger partial charge < -0.3 is 24.4 Å². The molecule has 1 fully saturated rings. The molecule has 0 saturated carbocycles. The minimum Gasteiger partial charge on any atom is -0.465 e. The van der Waals surface area contributed by atoms with Crippen LogP contribution in [0.25, 0.3) is 10.3 Å². The molecule has 2 aromatic heterocycles. The largest absolute Gasteiger partial charge is 0.465 e. The number of aromatic nitrogens is 2. The Kier molecular flexibility index (Phi) is 5.06. The Hall–Kier alpha value is -3.40. The number of amides is 1. The molecule has 4 heterocycles. The Morgan fingerprint density at radius 2 is 2.13 bits per heavy atom. The summed E-state index contributed by atoms with van der Waals surface area (Å²) in [5, 5.41) is 3.76. The molecule has 1 N–H and O–H groups in total. The van der Waals surface area contributed by atoms with E-state index in [1.54, 1.807) is 12.3 Å². The Morgan fingerprint density at radius 1 is 1.29 bits per heavy atom. The van der Waals surface area contributed by atoms with Gasteiger partial charge in [-0.2, -0.15) is 0 Å². The molecule has 0 unspecified atom stereocenters. The van der Waals surface area contributed by atoms with Crippen molar-refractivity contribution < 1.29 is 23.8 Å². The molecule has 2 aliphatic rings. The zero-order valence-corrected chi connectivity index (χ0v) is 17.6. The van der Waals surface area contributed by atoms with Gasteiger partial charge >= 0.3 is 5.97 Å². The van der Waals surface area contributed by atoms with E-state index >= 15 is 0 Å². The van der Waals surface area contributed by atoms with Crippen LogP contribution in [0.5, 0.6) is 11.5 Å². The van der Waals surface area contributed by atoms with E-state index in [0.717, 1.165) is 34.9 Å². The van der Waals surface area contributed by atoms with E-state index in [-0.39, 0.29) is 24.2 Å². The molecule has 0 radical (unpaired) electrons. The molecular weight excluding hydrogens is 420 g/mol. The van der Waals surface area contributed by atoms with Gasteiger partial charge in [0.2, 0.25) is 12.7 Å². The topological polar surface area (TPSA) is 103 Å². The maximum absolute atomic E-state index is 13.1. The van der Waals surface area contributed by atoms with Crippen LogP contribution in [-0.2, 0) is 9.53 Å². The number of hydrogen-bond donors (Lipinski definition) is 1. The molecule has 0 aliphatic carbocycles. The lowest BCUT2D eigenvalue weighted by atomic mass is 9.97. The Morgan fingerprint density at radius 3 is 2.94 bits per heavy atom. The molecular formula is C21H20N4O5S. The smallest absolute Gasteiger partial charge is 0.340 e. The minimum absolute atomic E-state index is 0.0714. The summed E-state index contributed by atoms with van der Waals surface area (Å²) < 4.78 is 15.6. The molecule has 10 heteroatoms. The fraction of sp³-hybridized carbons (Fsp3) is 0.333. The predicted molar refractivity (Wildman–Crippen MR) is 115 cm³/mol. The number of piperidine rings is 1. The van der Waals surface area contributed by atoms with Crippen LogP contribution in [0.15, 0.2) is 30.5 Å². The zero-order valence-electron chi connectivity index (χ0n) is 16.8. The van der Waals surface area contributed by atoms with E-state index < -0.39 is 5.97 Å². The molecule has 5 rings (SSSR count). The highest BCUT2D eigenvalue weighted by atomic mass is 32.1. The fourth-order valence-electron chi connectivity index (χ4n) is 3.82. The molecule has 31 heavy (non-hydrogen) atoms. The van der Waals surface area contributed by atoms with Crippen molar-refractivity contribution in [3.63, 3.8) is 0 Å². The number of esters is 1. The molecule has 1 saturated heterocycles. The number of hydrogen-bond acceptors (Lipinski definition) is 9. The molecule has 1 amide bonds. The molecule has 1 atom stereocenters. The number of nitrogens with one attached hydrogen (secondary N) is 1. The number of thiazole rings is 1. The highest BCUT2D eigenvalue weighted by Gasteiger charge is 2.29. The SMILES string of the molecule is COC(=O)c1cc2c(cc1NC(=O)[C@@H]1CCCN(c3nc4cccnc4s3)C1)OCO2. The Balaban J connectivity index is 1.35. The number of carbonyl (C=O) groups is 2. The van der Waals surface area contributed by atoms with E-state index in [1.165, 1.54) is 24.5 Å². The van der Waals surface area contributed by atoms with Crippen molar-refractivity contribution in [2.75, 3.05) is 37.2 Å². The molecule has 2 aliphatic heterocycles. The third-order valence-electron chi connectivity index (χ3n) is 5.39. The van der Waals surface area contributed by atoms with Crippen molar-refractivity contribution in [2.24, 2.45) is 5.92 Å². The lowest BCUT2D eigenvalue weighted by Crippen LogP contribution is -2.40. The number of fused-ring (bicyclic) bond motifs is 2. The number of anilines is 2. The van der Waals surface area contributed by atoms with Crippen molar-refractivity contribution in [2.45, 2.75) is 12.8 Å². The normalized spacial score (nSPS) is 17.6. The third-order valence-corrected chi connectivity index (χ3v) is 6.43. The minimum atomic E-state index is -0.555. The van der Waals surface area contributed by atoms with Gasteiger partial charge in [-0.25, -0.2) is 14.8 Å². The first-order valence-electron chi connectivity index (χ1n) is 9.91. The molecule has 1 aromatic carbocycles. The standard InChI is InChI=1S/C21H20N4O5S/c1-28-20(27)13-8-16-17(30-11-29-16)9-15(13)23-18(26)12-4-3-7-25(10-12)21-24-14-5-2-6-22-19(14)31-21/h2,5-6,8-9,12H,3-4,7,10-11H2,1H3,(H,23,26)/t12-/m1/s1. The maximum atomic E-state index is 13.1. The molecule has 160 valence electrons. The van der Waals surface area contributed by atoms with E-state index in [0.29, 0.717) is 23.7 Å². The maximum Gasteiger partial charge on any atom is 0.340 e. The predicted octanol–water partition coefficient (Wildman–Crippen LogP) is 3.06. The van der Waals surface area contributed by atoms with Gasteiger partial charge in [-0.15, -0.1) is 0 Å². The monoisotopic (exact) mass is 440 g/mol. The second-order valence-electron chi connectivity index (χ2n) is 7.34. The van der Waals surface area contributed by atoms with E-state index in [9.17, 15) is 9.59 Å². The van der Waals surface area contributed by atoms with Crippen molar-refractivity contribution in [3.05, 3.63) is 36.0 Å².